The van der Waals surface area contributed by atoms with Gasteiger partial charge in [-0.3, -0.25) is 9.48 Å². The average molecular weight is 296 g/mol. The number of ether oxygens (including phenoxy) is 2. The highest BCUT2D eigenvalue weighted by Gasteiger charge is 2.16. The molecule has 0 saturated heterocycles. The van der Waals surface area contributed by atoms with Crippen molar-refractivity contribution >= 4 is 23.2 Å². The summed E-state index contributed by atoms with van der Waals surface area (Å²) in [5, 5.41) is 7.00. The fourth-order valence-corrected chi connectivity index (χ4v) is 1.96. The SMILES string of the molecule is COc1ccc(NC(=O)c2nn(C)cc2Cl)c(OC)c1. The first-order valence-electron chi connectivity index (χ1n) is 5.77. The van der Waals surface area contributed by atoms with E-state index < -0.39 is 5.91 Å². The van der Waals surface area contributed by atoms with Gasteiger partial charge in [-0.2, -0.15) is 5.10 Å². The Labute approximate surface area is 121 Å². The minimum Gasteiger partial charge on any atom is -0.497 e. The van der Waals surface area contributed by atoms with Crippen molar-refractivity contribution in [2.24, 2.45) is 7.05 Å². The summed E-state index contributed by atoms with van der Waals surface area (Å²) in [4.78, 5) is 12.1. The molecule has 0 aliphatic rings. The first-order valence-corrected chi connectivity index (χ1v) is 6.15. The van der Waals surface area contributed by atoms with Crippen LogP contribution in [-0.4, -0.2) is 29.9 Å². The molecule has 2 aromatic rings. The molecule has 0 aliphatic carbocycles. The predicted octanol–water partition coefficient (Wildman–Crippen LogP) is 2.34. The summed E-state index contributed by atoms with van der Waals surface area (Å²) in [5.41, 5.74) is 0.673. The van der Waals surface area contributed by atoms with E-state index in [-0.39, 0.29) is 10.7 Å². The Morgan fingerprint density at radius 1 is 1.35 bits per heavy atom. The van der Waals surface area contributed by atoms with Crippen molar-refractivity contribution in [1.29, 1.82) is 0 Å². The van der Waals surface area contributed by atoms with Crippen molar-refractivity contribution in [3.05, 3.63) is 35.1 Å². The standard InChI is InChI=1S/C13H14ClN3O3/c1-17-7-9(14)12(16-17)13(18)15-10-5-4-8(19-2)6-11(10)20-3/h4-7H,1-3H3,(H,15,18). The van der Waals surface area contributed by atoms with E-state index in [1.165, 1.54) is 11.8 Å². The van der Waals surface area contributed by atoms with Crippen LogP contribution in [0.4, 0.5) is 5.69 Å². The molecular weight excluding hydrogens is 282 g/mol. The number of nitrogens with zero attached hydrogens (tertiary/aromatic N) is 2. The Hall–Kier alpha value is -2.21. The number of rotatable bonds is 4. The lowest BCUT2D eigenvalue weighted by Gasteiger charge is -2.10. The average Bonchev–Trinajstić information content (AvgIpc) is 2.78. The molecule has 0 bridgehead atoms. The molecule has 0 unspecified atom stereocenters. The van der Waals surface area contributed by atoms with Gasteiger partial charge in [0.15, 0.2) is 5.69 Å². The van der Waals surface area contributed by atoms with Crippen LogP contribution in [0, 0.1) is 0 Å². The van der Waals surface area contributed by atoms with E-state index in [0.717, 1.165) is 0 Å². The van der Waals surface area contributed by atoms with Crippen molar-refractivity contribution in [2.75, 3.05) is 19.5 Å². The molecule has 1 N–H and O–H groups in total. The van der Waals surface area contributed by atoms with Gasteiger partial charge in [0.2, 0.25) is 0 Å². The number of aromatic nitrogens is 2. The van der Waals surface area contributed by atoms with E-state index in [1.54, 1.807) is 38.6 Å². The largest absolute Gasteiger partial charge is 0.497 e. The molecule has 106 valence electrons. The minimum atomic E-state index is -0.404. The number of amides is 1. The first-order chi connectivity index (χ1) is 9.55. The topological polar surface area (TPSA) is 65.4 Å². The van der Waals surface area contributed by atoms with Gasteiger partial charge in [0.1, 0.15) is 11.5 Å². The summed E-state index contributed by atoms with van der Waals surface area (Å²) in [7, 11) is 4.76. The van der Waals surface area contributed by atoms with E-state index in [4.69, 9.17) is 21.1 Å². The van der Waals surface area contributed by atoms with Crippen LogP contribution in [0.15, 0.2) is 24.4 Å². The molecule has 1 amide bonds. The van der Waals surface area contributed by atoms with Gasteiger partial charge in [0, 0.05) is 19.3 Å². The van der Waals surface area contributed by atoms with Gasteiger partial charge in [-0.15, -0.1) is 0 Å². The third-order valence-corrected chi connectivity index (χ3v) is 2.93. The number of hydrogen-bond acceptors (Lipinski definition) is 4. The Balaban J connectivity index is 2.25. The summed E-state index contributed by atoms with van der Waals surface area (Å²) in [6, 6.07) is 5.08. The number of hydrogen-bond donors (Lipinski definition) is 1. The third-order valence-electron chi connectivity index (χ3n) is 2.66. The molecular formula is C13H14ClN3O3. The van der Waals surface area contributed by atoms with E-state index in [9.17, 15) is 4.79 Å². The van der Waals surface area contributed by atoms with E-state index in [2.05, 4.69) is 10.4 Å². The molecule has 1 aromatic heterocycles. The number of benzene rings is 1. The highest BCUT2D eigenvalue weighted by molar-refractivity contribution is 6.34. The molecule has 7 heteroatoms. The van der Waals surface area contributed by atoms with Gasteiger partial charge in [-0.1, -0.05) is 11.6 Å². The normalized spacial score (nSPS) is 10.2. The minimum absolute atomic E-state index is 0.159. The zero-order valence-electron chi connectivity index (χ0n) is 11.3. The van der Waals surface area contributed by atoms with Gasteiger partial charge in [0.25, 0.3) is 5.91 Å². The number of methoxy groups -OCH3 is 2. The predicted molar refractivity (Wildman–Crippen MR) is 75.7 cm³/mol. The van der Waals surface area contributed by atoms with Gasteiger partial charge in [0.05, 0.1) is 24.9 Å². The van der Waals surface area contributed by atoms with Crippen molar-refractivity contribution in [3.63, 3.8) is 0 Å². The molecule has 0 fully saturated rings. The van der Waals surface area contributed by atoms with E-state index in [0.29, 0.717) is 17.2 Å². The van der Waals surface area contributed by atoms with Gasteiger partial charge in [-0.05, 0) is 12.1 Å². The molecule has 2 rings (SSSR count). The number of carbonyl (C=O) groups is 1. The van der Waals surface area contributed by atoms with Crippen LogP contribution in [0.2, 0.25) is 5.02 Å². The molecule has 0 saturated carbocycles. The van der Waals surface area contributed by atoms with Crippen LogP contribution < -0.4 is 14.8 Å². The quantitative estimate of drug-likeness (QED) is 0.940. The van der Waals surface area contributed by atoms with E-state index in [1.807, 2.05) is 0 Å². The number of aryl methyl sites for hydroxylation is 1. The summed E-state index contributed by atoms with van der Waals surface area (Å²) in [5.74, 6) is 0.722. The van der Waals surface area contributed by atoms with Crippen LogP contribution in [0.3, 0.4) is 0 Å². The smallest absolute Gasteiger partial charge is 0.277 e. The lowest BCUT2D eigenvalue weighted by Crippen LogP contribution is -2.14. The fraction of sp³-hybridized carbons (Fsp3) is 0.231. The molecule has 20 heavy (non-hydrogen) atoms. The van der Waals surface area contributed by atoms with Crippen LogP contribution in [0.5, 0.6) is 11.5 Å². The van der Waals surface area contributed by atoms with Gasteiger partial charge in [-0.25, -0.2) is 0 Å². The number of halogens is 1. The van der Waals surface area contributed by atoms with Crippen LogP contribution in [0.25, 0.3) is 0 Å². The zero-order chi connectivity index (χ0) is 14.7. The van der Waals surface area contributed by atoms with Crippen molar-refractivity contribution < 1.29 is 14.3 Å². The van der Waals surface area contributed by atoms with Crippen LogP contribution in [-0.2, 0) is 7.05 Å². The lowest BCUT2D eigenvalue weighted by atomic mass is 10.2. The van der Waals surface area contributed by atoms with E-state index >= 15 is 0 Å². The number of anilines is 1. The maximum Gasteiger partial charge on any atom is 0.277 e. The summed E-state index contributed by atoms with van der Waals surface area (Å²) in [6.45, 7) is 0. The second-order valence-corrected chi connectivity index (χ2v) is 4.43. The Morgan fingerprint density at radius 3 is 2.65 bits per heavy atom. The highest BCUT2D eigenvalue weighted by atomic mass is 35.5. The summed E-state index contributed by atoms with van der Waals surface area (Å²) >= 11 is 5.93. The van der Waals surface area contributed by atoms with Crippen molar-refractivity contribution in [3.8, 4) is 11.5 Å². The molecule has 0 atom stereocenters. The van der Waals surface area contributed by atoms with Crippen LogP contribution in [0.1, 0.15) is 10.5 Å². The third kappa shape index (κ3) is 2.85. The molecule has 6 nitrogen and oxygen atoms in total. The maximum absolute atomic E-state index is 12.1. The monoisotopic (exact) mass is 295 g/mol. The summed E-state index contributed by atoms with van der Waals surface area (Å²) < 4.78 is 11.8. The van der Waals surface area contributed by atoms with Crippen molar-refractivity contribution in [2.45, 2.75) is 0 Å². The number of carbonyl (C=O) groups excluding carboxylic acids is 1. The highest BCUT2D eigenvalue weighted by Crippen LogP contribution is 2.29. The molecule has 0 radical (unpaired) electrons. The lowest BCUT2D eigenvalue weighted by molar-refractivity contribution is 0.102. The second-order valence-electron chi connectivity index (χ2n) is 4.02. The van der Waals surface area contributed by atoms with Crippen molar-refractivity contribution in [1.82, 2.24) is 9.78 Å². The maximum atomic E-state index is 12.1. The Morgan fingerprint density at radius 2 is 2.10 bits per heavy atom. The first kappa shape index (κ1) is 14.2. The zero-order valence-corrected chi connectivity index (χ0v) is 12.1. The molecule has 1 aromatic carbocycles. The molecule has 0 aliphatic heterocycles. The summed E-state index contributed by atoms with van der Waals surface area (Å²) in [6.07, 6.45) is 1.56. The van der Waals surface area contributed by atoms with Gasteiger partial charge < -0.3 is 14.8 Å². The Kier molecular flexibility index (Phi) is 4.14. The Bertz CT molecular complexity index is 640. The molecule has 1 heterocycles. The van der Waals surface area contributed by atoms with Gasteiger partial charge >= 0.3 is 0 Å². The fourth-order valence-electron chi connectivity index (χ4n) is 1.70. The number of nitrogens with one attached hydrogen (secondary N) is 1. The second kappa shape index (κ2) is 5.83. The molecule has 0 spiro atoms. The van der Waals surface area contributed by atoms with Crippen LogP contribution >= 0.6 is 11.6 Å².